The molecule has 220 valence electrons. The number of nitrogens with zero attached hydrogens (tertiary/aromatic N) is 2. The van der Waals surface area contributed by atoms with Gasteiger partial charge in [0, 0.05) is 13.1 Å². The number of benzene rings is 3. The van der Waals surface area contributed by atoms with Gasteiger partial charge in [0.2, 0.25) is 11.8 Å². The minimum Gasteiger partial charge on any atom is -0.495 e. The molecule has 0 aliphatic heterocycles. The van der Waals surface area contributed by atoms with Crippen molar-refractivity contribution in [1.29, 1.82) is 0 Å². The monoisotopic (exact) mass is 579 g/mol. The van der Waals surface area contributed by atoms with Crippen molar-refractivity contribution in [2.75, 3.05) is 24.5 Å². The van der Waals surface area contributed by atoms with Crippen molar-refractivity contribution in [1.82, 2.24) is 10.2 Å². The van der Waals surface area contributed by atoms with E-state index in [1.807, 2.05) is 71.0 Å². The zero-order valence-corrected chi connectivity index (χ0v) is 25.6. The van der Waals surface area contributed by atoms with E-state index in [2.05, 4.69) is 5.32 Å². The molecule has 1 N–H and O–H groups in total. The Hall–Kier alpha value is -3.85. The highest BCUT2D eigenvalue weighted by Gasteiger charge is 2.34. The molecule has 0 saturated carbocycles. The van der Waals surface area contributed by atoms with Gasteiger partial charge < -0.3 is 15.0 Å². The van der Waals surface area contributed by atoms with E-state index in [9.17, 15) is 18.0 Å². The minimum atomic E-state index is -4.19. The lowest BCUT2D eigenvalue weighted by molar-refractivity contribution is -0.140. The predicted octanol–water partition coefficient (Wildman–Crippen LogP) is 5.09. The summed E-state index contributed by atoms with van der Waals surface area (Å²) in [6.45, 7) is 9.65. The number of ether oxygens (including phenoxy) is 1. The molecule has 3 aromatic carbocycles. The summed E-state index contributed by atoms with van der Waals surface area (Å²) in [4.78, 5) is 29.0. The maximum absolute atomic E-state index is 14.2. The van der Waals surface area contributed by atoms with Crippen molar-refractivity contribution in [2.45, 2.75) is 58.5 Å². The topological polar surface area (TPSA) is 96.0 Å². The standard InChI is InChI=1S/C32H41N3O5S/c1-7-28(32(37)33-20-23(2)3)34(21-26-11-9-8-10-12-26)31(36)22-35(29-19-25(5)15-18-30(29)40-6)41(38,39)27-16-13-24(4)14-17-27/h8-19,23,28H,7,20-22H2,1-6H3,(H,33,37). The van der Waals surface area contributed by atoms with Crippen molar-refractivity contribution >= 4 is 27.5 Å². The summed E-state index contributed by atoms with van der Waals surface area (Å²) in [5, 5.41) is 2.94. The molecule has 0 spiro atoms. The fourth-order valence-corrected chi connectivity index (χ4v) is 5.88. The van der Waals surface area contributed by atoms with Crippen LogP contribution in [0.4, 0.5) is 5.69 Å². The van der Waals surface area contributed by atoms with Crippen LogP contribution in [-0.2, 0) is 26.2 Å². The highest BCUT2D eigenvalue weighted by atomic mass is 32.2. The molecule has 0 fully saturated rings. The molecule has 0 heterocycles. The predicted molar refractivity (Wildman–Crippen MR) is 162 cm³/mol. The first-order chi connectivity index (χ1) is 19.5. The molecule has 0 aromatic heterocycles. The third kappa shape index (κ3) is 8.10. The number of methoxy groups -OCH3 is 1. The number of rotatable bonds is 13. The zero-order valence-electron chi connectivity index (χ0n) is 24.8. The van der Waals surface area contributed by atoms with Gasteiger partial charge in [0.25, 0.3) is 10.0 Å². The van der Waals surface area contributed by atoms with Crippen LogP contribution in [0.5, 0.6) is 5.75 Å². The number of sulfonamides is 1. The van der Waals surface area contributed by atoms with Crippen molar-refractivity contribution in [3.63, 3.8) is 0 Å². The van der Waals surface area contributed by atoms with E-state index in [0.29, 0.717) is 18.7 Å². The Kier molecular flexibility index (Phi) is 10.9. The molecule has 2 amide bonds. The van der Waals surface area contributed by atoms with E-state index in [1.165, 1.54) is 24.1 Å². The lowest BCUT2D eigenvalue weighted by atomic mass is 10.1. The number of nitrogens with one attached hydrogen (secondary N) is 1. The summed E-state index contributed by atoms with van der Waals surface area (Å²) in [7, 11) is -2.73. The van der Waals surface area contributed by atoms with Crippen LogP contribution in [0, 0.1) is 19.8 Å². The molecule has 41 heavy (non-hydrogen) atoms. The maximum atomic E-state index is 14.2. The summed E-state index contributed by atoms with van der Waals surface area (Å²) < 4.78 is 34.8. The van der Waals surface area contributed by atoms with E-state index < -0.39 is 28.5 Å². The van der Waals surface area contributed by atoms with E-state index in [4.69, 9.17) is 4.74 Å². The van der Waals surface area contributed by atoms with Gasteiger partial charge in [-0.1, -0.05) is 74.9 Å². The summed E-state index contributed by atoms with van der Waals surface area (Å²) in [5.41, 5.74) is 2.79. The van der Waals surface area contributed by atoms with Gasteiger partial charge in [-0.25, -0.2) is 8.42 Å². The fraction of sp³-hybridized carbons (Fsp3) is 0.375. The first-order valence-electron chi connectivity index (χ1n) is 13.8. The van der Waals surface area contributed by atoms with Gasteiger partial charge >= 0.3 is 0 Å². The Morgan fingerprint density at radius 2 is 1.56 bits per heavy atom. The van der Waals surface area contributed by atoms with Crippen molar-refractivity contribution < 1.29 is 22.7 Å². The highest BCUT2D eigenvalue weighted by Crippen LogP contribution is 2.34. The van der Waals surface area contributed by atoms with Crippen LogP contribution in [0.3, 0.4) is 0 Å². The molecule has 1 unspecified atom stereocenters. The summed E-state index contributed by atoms with van der Waals surface area (Å²) in [5.74, 6) is -0.222. The third-order valence-corrected chi connectivity index (χ3v) is 8.53. The second-order valence-electron chi connectivity index (χ2n) is 10.6. The Morgan fingerprint density at radius 1 is 0.927 bits per heavy atom. The SMILES string of the molecule is CCC(C(=O)NCC(C)C)N(Cc1ccccc1)C(=O)CN(c1cc(C)ccc1OC)S(=O)(=O)c1ccc(C)cc1. The molecule has 9 heteroatoms. The van der Waals surface area contributed by atoms with E-state index in [1.54, 1.807) is 24.3 Å². The largest absolute Gasteiger partial charge is 0.495 e. The van der Waals surface area contributed by atoms with Gasteiger partial charge in [-0.2, -0.15) is 0 Å². The molecule has 3 aromatic rings. The number of anilines is 1. The average Bonchev–Trinajstić information content (AvgIpc) is 2.95. The van der Waals surface area contributed by atoms with E-state index >= 15 is 0 Å². The van der Waals surface area contributed by atoms with Gasteiger partial charge in [-0.3, -0.25) is 13.9 Å². The van der Waals surface area contributed by atoms with E-state index in [0.717, 1.165) is 21.0 Å². The summed E-state index contributed by atoms with van der Waals surface area (Å²) >= 11 is 0. The normalized spacial score (nSPS) is 12.1. The maximum Gasteiger partial charge on any atom is 0.264 e. The third-order valence-electron chi connectivity index (χ3n) is 6.76. The molecule has 0 saturated heterocycles. The smallest absolute Gasteiger partial charge is 0.264 e. The van der Waals surface area contributed by atoms with Crippen LogP contribution in [-0.4, -0.2) is 51.4 Å². The molecule has 0 radical (unpaired) electrons. The quantitative estimate of drug-likeness (QED) is 0.305. The first-order valence-corrected chi connectivity index (χ1v) is 15.3. The molecule has 0 aliphatic rings. The van der Waals surface area contributed by atoms with Crippen LogP contribution in [0.1, 0.15) is 43.9 Å². The number of hydrogen-bond donors (Lipinski definition) is 1. The van der Waals surface area contributed by atoms with Crippen molar-refractivity contribution in [3.05, 3.63) is 89.5 Å². The van der Waals surface area contributed by atoms with Gasteiger partial charge in [0.15, 0.2) is 0 Å². The number of aryl methyl sites for hydroxylation is 2. The summed E-state index contributed by atoms with van der Waals surface area (Å²) in [6.07, 6.45) is 0.362. The van der Waals surface area contributed by atoms with Gasteiger partial charge in [-0.05, 0) is 61.6 Å². The van der Waals surface area contributed by atoms with Crippen molar-refractivity contribution in [2.24, 2.45) is 5.92 Å². The van der Waals surface area contributed by atoms with Crippen LogP contribution in [0.15, 0.2) is 77.7 Å². The van der Waals surface area contributed by atoms with E-state index in [-0.39, 0.29) is 29.0 Å². The molecular weight excluding hydrogens is 538 g/mol. The molecule has 0 aliphatic carbocycles. The second-order valence-corrected chi connectivity index (χ2v) is 12.4. The zero-order chi connectivity index (χ0) is 30.2. The van der Waals surface area contributed by atoms with Crippen molar-refractivity contribution in [3.8, 4) is 5.75 Å². The van der Waals surface area contributed by atoms with Crippen LogP contribution in [0.25, 0.3) is 0 Å². The Balaban J connectivity index is 2.10. The molecule has 1 atom stereocenters. The molecular formula is C32H41N3O5S. The highest BCUT2D eigenvalue weighted by molar-refractivity contribution is 7.92. The lowest BCUT2D eigenvalue weighted by Crippen LogP contribution is -2.52. The summed E-state index contributed by atoms with van der Waals surface area (Å²) in [6, 6.07) is 20.2. The Labute approximate surface area is 244 Å². The number of carbonyl (C=O) groups excluding carboxylic acids is 2. The first kappa shape index (κ1) is 31.7. The Bertz CT molecular complexity index is 1420. The fourth-order valence-electron chi connectivity index (χ4n) is 4.47. The molecule has 8 nitrogen and oxygen atoms in total. The van der Waals surface area contributed by atoms with Gasteiger partial charge in [0.1, 0.15) is 18.3 Å². The average molecular weight is 580 g/mol. The van der Waals surface area contributed by atoms with Crippen LogP contribution in [0.2, 0.25) is 0 Å². The number of hydrogen-bond acceptors (Lipinski definition) is 5. The van der Waals surface area contributed by atoms with Crippen LogP contribution >= 0.6 is 0 Å². The molecule has 0 bridgehead atoms. The minimum absolute atomic E-state index is 0.0517. The number of amides is 2. The number of carbonyl (C=O) groups is 2. The molecule has 3 rings (SSSR count). The Morgan fingerprint density at radius 3 is 2.15 bits per heavy atom. The second kappa shape index (κ2) is 14.2. The van der Waals surface area contributed by atoms with Gasteiger partial charge in [0.05, 0.1) is 17.7 Å². The lowest BCUT2D eigenvalue weighted by Gasteiger charge is -2.33. The van der Waals surface area contributed by atoms with Gasteiger partial charge in [-0.15, -0.1) is 0 Å². The van der Waals surface area contributed by atoms with Crippen LogP contribution < -0.4 is 14.4 Å².